The lowest BCUT2D eigenvalue weighted by atomic mass is 9.63. The zero-order chi connectivity index (χ0) is 30.2. The number of fused-ring (bicyclic) bond motifs is 12. The molecule has 0 radical (unpaired) electrons. The molecular formula is C45H29N. The van der Waals surface area contributed by atoms with Gasteiger partial charge < -0.3 is 4.90 Å². The van der Waals surface area contributed by atoms with E-state index in [2.05, 4.69) is 181 Å². The normalized spacial score (nSPS) is 13.8. The van der Waals surface area contributed by atoms with Gasteiger partial charge in [-0.3, -0.25) is 0 Å². The van der Waals surface area contributed by atoms with E-state index in [1.807, 2.05) is 0 Å². The Morgan fingerprint density at radius 3 is 1.76 bits per heavy atom. The quantitative estimate of drug-likeness (QED) is 0.183. The minimum Gasteiger partial charge on any atom is -0.310 e. The van der Waals surface area contributed by atoms with Gasteiger partial charge in [-0.25, -0.2) is 0 Å². The summed E-state index contributed by atoms with van der Waals surface area (Å²) in [6, 6.07) is 65.1. The average Bonchev–Trinajstić information content (AvgIpc) is 3.43. The minimum absolute atomic E-state index is 0.487. The van der Waals surface area contributed by atoms with E-state index < -0.39 is 5.41 Å². The van der Waals surface area contributed by atoms with E-state index in [4.69, 9.17) is 0 Å². The van der Waals surface area contributed by atoms with Crippen LogP contribution in [-0.4, -0.2) is 0 Å². The average molecular weight is 584 g/mol. The third kappa shape index (κ3) is 3.29. The summed E-state index contributed by atoms with van der Waals surface area (Å²) in [5.41, 5.74) is 13.6. The summed E-state index contributed by atoms with van der Waals surface area (Å²) in [5, 5.41) is 5.12. The summed E-state index contributed by atoms with van der Waals surface area (Å²) < 4.78 is 0. The Hall–Kier alpha value is -5.92. The number of hydrogen-bond acceptors (Lipinski definition) is 1. The number of para-hydroxylation sites is 3. The molecule has 0 bridgehead atoms. The smallest absolute Gasteiger partial charge is 0.0760 e. The van der Waals surface area contributed by atoms with Crippen LogP contribution in [0.4, 0.5) is 17.1 Å². The van der Waals surface area contributed by atoms with Crippen LogP contribution in [0.5, 0.6) is 0 Å². The summed E-state index contributed by atoms with van der Waals surface area (Å²) >= 11 is 0. The van der Waals surface area contributed by atoms with Crippen LogP contribution >= 0.6 is 0 Å². The van der Waals surface area contributed by atoms with Crippen LogP contribution < -0.4 is 4.90 Å². The molecule has 214 valence electrons. The fourth-order valence-corrected chi connectivity index (χ4v) is 8.44. The zero-order valence-corrected chi connectivity index (χ0v) is 25.2. The molecule has 8 aromatic carbocycles. The van der Waals surface area contributed by atoms with Crippen LogP contribution in [0.15, 0.2) is 176 Å². The van der Waals surface area contributed by atoms with E-state index in [1.54, 1.807) is 0 Å². The Labute approximate surface area is 268 Å². The van der Waals surface area contributed by atoms with Crippen molar-refractivity contribution in [1.82, 2.24) is 0 Å². The van der Waals surface area contributed by atoms with E-state index in [9.17, 15) is 0 Å². The Kier molecular flexibility index (Phi) is 5.27. The molecule has 46 heavy (non-hydrogen) atoms. The van der Waals surface area contributed by atoms with Crippen LogP contribution in [0, 0.1) is 0 Å². The maximum absolute atomic E-state index is 2.44. The predicted octanol–water partition coefficient (Wildman–Crippen LogP) is 11.8. The summed E-state index contributed by atoms with van der Waals surface area (Å²) in [4.78, 5) is 2.44. The van der Waals surface area contributed by atoms with Crippen LogP contribution in [-0.2, 0) is 5.41 Å². The molecule has 8 aromatic rings. The molecule has 1 heteroatoms. The second kappa shape index (κ2) is 9.54. The van der Waals surface area contributed by atoms with Crippen molar-refractivity contribution in [1.29, 1.82) is 0 Å². The Bertz CT molecular complexity index is 2440. The van der Waals surface area contributed by atoms with Gasteiger partial charge in [-0.05, 0) is 96.4 Å². The van der Waals surface area contributed by atoms with Gasteiger partial charge in [-0.15, -0.1) is 0 Å². The molecule has 1 spiro atoms. The lowest BCUT2D eigenvalue weighted by molar-refractivity contribution is 0.754. The third-order valence-corrected chi connectivity index (χ3v) is 10.2. The highest BCUT2D eigenvalue weighted by atomic mass is 15.2. The number of nitrogens with zero attached hydrogens (tertiary/aromatic N) is 1. The van der Waals surface area contributed by atoms with E-state index in [1.165, 1.54) is 83.1 Å². The number of hydrogen-bond donors (Lipinski definition) is 0. The molecule has 0 aromatic heterocycles. The molecule has 0 saturated heterocycles. The molecule has 0 N–H and O–H groups in total. The van der Waals surface area contributed by atoms with Crippen LogP contribution in [0.3, 0.4) is 0 Å². The van der Waals surface area contributed by atoms with Crippen LogP contribution in [0.1, 0.15) is 22.3 Å². The molecule has 10 rings (SSSR count). The second-order valence-corrected chi connectivity index (χ2v) is 12.5. The molecule has 1 nitrogen and oxygen atoms in total. The highest BCUT2D eigenvalue weighted by Crippen LogP contribution is 2.64. The maximum atomic E-state index is 2.44. The topological polar surface area (TPSA) is 3.24 Å². The van der Waals surface area contributed by atoms with Crippen molar-refractivity contribution in [2.45, 2.75) is 5.41 Å². The van der Waals surface area contributed by atoms with Crippen molar-refractivity contribution in [3.63, 3.8) is 0 Å². The van der Waals surface area contributed by atoms with Gasteiger partial charge in [0.15, 0.2) is 0 Å². The van der Waals surface area contributed by atoms with Gasteiger partial charge in [0.25, 0.3) is 0 Å². The first-order valence-electron chi connectivity index (χ1n) is 16.0. The molecule has 0 fully saturated rings. The van der Waals surface area contributed by atoms with Gasteiger partial charge in [0.2, 0.25) is 0 Å². The Morgan fingerprint density at radius 2 is 0.957 bits per heavy atom. The Balaban J connectivity index is 1.32. The molecule has 0 atom stereocenters. The molecule has 1 aliphatic carbocycles. The molecule has 1 heterocycles. The van der Waals surface area contributed by atoms with Gasteiger partial charge in [0.05, 0.1) is 16.8 Å². The standard InChI is InChI=1S/C45H29N/c1-2-14-33(15-3-1)46-42-23-10-8-21-40(42)45(41-22-9-11-24-43(41)46)39-20-7-6-17-37(39)38-19-12-18-36(44(38)45)32-27-28-35-31(29-32)26-25-30-13-4-5-16-34(30)35/h1-29H. The summed E-state index contributed by atoms with van der Waals surface area (Å²) in [7, 11) is 0. The SMILES string of the molecule is c1ccc(N2c3ccccc3C3(c4ccccc4-c4cccc(-c5ccc6c(ccc7ccccc76)c5)c43)c3ccccc32)cc1. The van der Waals surface area contributed by atoms with E-state index in [0.29, 0.717) is 0 Å². The van der Waals surface area contributed by atoms with Crippen molar-refractivity contribution in [2.75, 3.05) is 4.90 Å². The van der Waals surface area contributed by atoms with Crippen LogP contribution in [0.25, 0.3) is 43.8 Å². The van der Waals surface area contributed by atoms with Gasteiger partial charge in [0.1, 0.15) is 0 Å². The van der Waals surface area contributed by atoms with Gasteiger partial charge >= 0.3 is 0 Å². The summed E-state index contributed by atoms with van der Waals surface area (Å²) in [5.74, 6) is 0. The minimum atomic E-state index is -0.487. The number of anilines is 3. The summed E-state index contributed by atoms with van der Waals surface area (Å²) in [6.07, 6.45) is 0. The molecule has 2 aliphatic rings. The van der Waals surface area contributed by atoms with Gasteiger partial charge in [-0.2, -0.15) is 0 Å². The lowest BCUT2D eigenvalue weighted by Gasteiger charge is -2.45. The molecular weight excluding hydrogens is 555 g/mol. The Morgan fingerprint density at radius 1 is 0.370 bits per heavy atom. The monoisotopic (exact) mass is 583 g/mol. The van der Waals surface area contributed by atoms with Gasteiger partial charge in [0, 0.05) is 5.69 Å². The van der Waals surface area contributed by atoms with Crippen molar-refractivity contribution in [2.24, 2.45) is 0 Å². The van der Waals surface area contributed by atoms with E-state index in [-0.39, 0.29) is 0 Å². The fourth-order valence-electron chi connectivity index (χ4n) is 8.44. The van der Waals surface area contributed by atoms with Crippen molar-refractivity contribution in [3.8, 4) is 22.3 Å². The molecule has 0 unspecified atom stereocenters. The largest absolute Gasteiger partial charge is 0.310 e. The fraction of sp³-hybridized carbons (Fsp3) is 0.0222. The van der Waals surface area contributed by atoms with Crippen molar-refractivity contribution in [3.05, 3.63) is 198 Å². The zero-order valence-electron chi connectivity index (χ0n) is 25.2. The molecule has 0 amide bonds. The third-order valence-electron chi connectivity index (χ3n) is 10.2. The van der Waals surface area contributed by atoms with Crippen LogP contribution in [0.2, 0.25) is 0 Å². The number of benzene rings is 8. The highest BCUT2D eigenvalue weighted by Gasteiger charge is 2.52. The predicted molar refractivity (Wildman–Crippen MR) is 192 cm³/mol. The van der Waals surface area contributed by atoms with E-state index in [0.717, 1.165) is 0 Å². The molecule has 0 saturated carbocycles. The van der Waals surface area contributed by atoms with E-state index >= 15 is 0 Å². The molecule has 1 aliphatic heterocycles. The first-order valence-corrected chi connectivity index (χ1v) is 16.0. The lowest BCUT2D eigenvalue weighted by Crippen LogP contribution is -2.36. The second-order valence-electron chi connectivity index (χ2n) is 12.5. The van der Waals surface area contributed by atoms with Crippen molar-refractivity contribution >= 4 is 38.6 Å². The van der Waals surface area contributed by atoms with Gasteiger partial charge in [-0.1, -0.05) is 146 Å². The maximum Gasteiger partial charge on any atom is 0.0760 e. The first kappa shape index (κ1) is 25.4. The highest BCUT2D eigenvalue weighted by molar-refractivity contribution is 6.09. The number of rotatable bonds is 2. The summed E-state index contributed by atoms with van der Waals surface area (Å²) in [6.45, 7) is 0. The first-order chi connectivity index (χ1) is 22.8. The van der Waals surface area contributed by atoms with Crippen molar-refractivity contribution < 1.29 is 0 Å².